The van der Waals surface area contributed by atoms with Crippen LogP contribution in [-0.2, 0) is 0 Å². The lowest BCUT2D eigenvalue weighted by atomic mass is 10.0. The summed E-state index contributed by atoms with van der Waals surface area (Å²) in [5, 5.41) is 11.0. The van der Waals surface area contributed by atoms with Gasteiger partial charge in [-0.3, -0.25) is 19.4 Å². The topological polar surface area (TPSA) is 92.7 Å². The molecular weight excluding hydrogens is 300 g/mol. The second-order valence-electron chi connectivity index (χ2n) is 4.74. The van der Waals surface area contributed by atoms with Crippen LogP contribution < -0.4 is 14.9 Å². The van der Waals surface area contributed by atoms with Gasteiger partial charge in [-0.05, 0) is 32.0 Å². The molecule has 0 bridgehead atoms. The predicted octanol–water partition coefficient (Wildman–Crippen LogP) is 1.83. The van der Waals surface area contributed by atoms with Gasteiger partial charge < -0.3 is 9.90 Å². The number of carboxylic acids is 1. The highest BCUT2D eigenvalue weighted by Crippen LogP contribution is 2.26. The standard InChI is InChI=1S/C17H14O6/c1-10(18)12-7-5-9-15(16(12)11(2)19)23-22-14-8-4-3-6-13(14)17(20)21/h3-9H,1-2H3,(H,20,21)/p-1. The van der Waals surface area contributed by atoms with Crippen molar-refractivity contribution >= 4 is 17.5 Å². The minimum absolute atomic E-state index is 0.0263. The smallest absolute Gasteiger partial charge is 0.190 e. The monoisotopic (exact) mass is 313 g/mol. The molecule has 0 heterocycles. The Kier molecular flexibility index (Phi) is 4.75. The number of carbonyl (C=O) groups excluding carboxylic acids is 3. The van der Waals surface area contributed by atoms with Gasteiger partial charge in [-0.25, -0.2) is 0 Å². The van der Waals surface area contributed by atoms with Gasteiger partial charge in [0.15, 0.2) is 23.1 Å². The van der Waals surface area contributed by atoms with Crippen LogP contribution in [0.2, 0.25) is 0 Å². The van der Waals surface area contributed by atoms with Gasteiger partial charge in [0.1, 0.15) is 0 Å². The molecule has 6 nitrogen and oxygen atoms in total. The van der Waals surface area contributed by atoms with Crippen LogP contribution in [0.3, 0.4) is 0 Å². The summed E-state index contributed by atoms with van der Waals surface area (Å²) >= 11 is 0. The van der Waals surface area contributed by atoms with Gasteiger partial charge in [0.2, 0.25) is 0 Å². The molecular formula is C17H13O6-. The molecule has 0 aliphatic rings. The van der Waals surface area contributed by atoms with E-state index >= 15 is 0 Å². The van der Waals surface area contributed by atoms with E-state index in [0.29, 0.717) is 0 Å². The maximum Gasteiger partial charge on any atom is 0.190 e. The fraction of sp³-hybridized carbons (Fsp3) is 0.118. The molecule has 0 N–H and O–H groups in total. The van der Waals surface area contributed by atoms with Crippen molar-refractivity contribution < 1.29 is 29.3 Å². The van der Waals surface area contributed by atoms with Gasteiger partial charge >= 0.3 is 0 Å². The number of carboxylic acid groups (broad SMARTS) is 1. The van der Waals surface area contributed by atoms with Gasteiger partial charge in [0, 0.05) is 11.1 Å². The fourth-order valence-corrected chi connectivity index (χ4v) is 2.05. The molecule has 0 aliphatic heterocycles. The number of aromatic carboxylic acids is 1. The van der Waals surface area contributed by atoms with Gasteiger partial charge in [0.05, 0.1) is 11.5 Å². The maximum absolute atomic E-state index is 11.8. The SMILES string of the molecule is CC(=O)c1cccc(OOc2ccccc2C(=O)[O-])c1C(C)=O. The van der Waals surface area contributed by atoms with Crippen molar-refractivity contribution in [2.75, 3.05) is 0 Å². The second kappa shape index (κ2) is 6.74. The van der Waals surface area contributed by atoms with Crippen molar-refractivity contribution in [3.05, 3.63) is 59.2 Å². The van der Waals surface area contributed by atoms with Gasteiger partial charge in [-0.2, -0.15) is 0 Å². The van der Waals surface area contributed by atoms with E-state index in [2.05, 4.69) is 0 Å². The van der Waals surface area contributed by atoms with Crippen LogP contribution in [0.25, 0.3) is 0 Å². The highest BCUT2D eigenvalue weighted by molar-refractivity contribution is 6.09. The highest BCUT2D eigenvalue weighted by atomic mass is 17.2. The number of hydrogen-bond donors (Lipinski definition) is 0. The molecule has 23 heavy (non-hydrogen) atoms. The molecule has 0 aliphatic carbocycles. The zero-order chi connectivity index (χ0) is 17.0. The molecule has 2 aromatic carbocycles. The van der Waals surface area contributed by atoms with E-state index in [-0.39, 0.29) is 39.8 Å². The second-order valence-corrected chi connectivity index (χ2v) is 4.74. The molecule has 0 saturated heterocycles. The molecule has 6 heteroatoms. The van der Waals surface area contributed by atoms with Crippen LogP contribution in [0.5, 0.6) is 11.5 Å². The van der Waals surface area contributed by atoms with E-state index in [4.69, 9.17) is 9.78 Å². The first-order valence-electron chi connectivity index (χ1n) is 6.71. The van der Waals surface area contributed by atoms with Crippen LogP contribution in [0.15, 0.2) is 42.5 Å². The van der Waals surface area contributed by atoms with Crippen LogP contribution >= 0.6 is 0 Å². The average molecular weight is 313 g/mol. The zero-order valence-corrected chi connectivity index (χ0v) is 12.5. The minimum Gasteiger partial charge on any atom is -0.545 e. The number of hydrogen-bond acceptors (Lipinski definition) is 6. The van der Waals surface area contributed by atoms with Gasteiger partial charge in [-0.1, -0.05) is 24.3 Å². The molecule has 118 valence electrons. The summed E-state index contributed by atoms with van der Waals surface area (Å²) in [6, 6.07) is 10.2. The first-order chi connectivity index (χ1) is 10.9. The number of carbonyl (C=O) groups is 3. The van der Waals surface area contributed by atoms with Crippen molar-refractivity contribution in [3.63, 3.8) is 0 Å². The molecule has 0 saturated carbocycles. The Morgan fingerprint density at radius 3 is 1.96 bits per heavy atom. The number of rotatable bonds is 6. The summed E-state index contributed by atoms with van der Waals surface area (Å²) in [5.41, 5.74) is 0.0808. The van der Waals surface area contributed by atoms with E-state index in [1.54, 1.807) is 6.07 Å². The van der Waals surface area contributed by atoms with Gasteiger partial charge in [0.25, 0.3) is 0 Å². The number of para-hydroxylation sites is 1. The maximum atomic E-state index is 11.8. The highest BCUT2D eigenvalue weighted by Gasteiger charge is 2.18. The summed E-state index contributed by atoms with van der Waals surface area (Å²) in [6.07, 6.45) is 0. The van der Waals surface area contributed by atoms with Gasteiger partial charge in [-0.15, -0.1) is 0 Å². The molecule has 0 radical (unpaired) electrons. The fourth-order valence-electron chi connectivity index (χ4n) is 2.05. The van der Waals surface area contributed by atoms with Crippen LogP contribution in [0.1, 0.15) is 44.9 Å². The Hall–Kier alpha value is -3.15. The third-order valence-electron chi connectivity index (χ3n) is 3.09. The van der Waals surface area contributed by atoms with E-state index in [1.807, 2.05) is 0 Å². The van der Waals surface area contributed by atoms with Crippen molar-refractivity contribution in [1.82, 2.24) is 0 Å². The molecule has 0 spiro atoms. The molecule has 0 amide bonds. The Morgan fingerprint density at radius 2 is 1.35 bits per heavy atom. The molecule has 2 aromatic rings. The van der Waals surface area contributed by atoms with E-state index < -0.39 is 5.97 Å². The Morgan fingerprint density at radius 1 is 0.783 bits per heavy atom. The van der Waals surface area contributed by atoms with Crippen LogP contribution in [0, 0.1) is 0 Å². The predicted molar refractivity (Wildman–Crippen MR) is 78.5 cm³/mol. The average Bonchev–Trinajstić information content (AvgIpc) is 2.52. The quantitative estimate of drug-likeness (QED) is 0.459. The lowest BCUT2D eigenvalue weighted by Crippen LogP contribution is -2.23. The molecule has 0 atom stereocenters. The zero-order valence-electron chi connectivity index (χ0n) is 12.5. The molecule has 0 unspecified atom stereocenters. The third-order valence-corrected chi connectivity index (χ3v) is 3.09. The lowest BCUT2D eigenvalue weighted by molar-refractivity contribution is -0.255. The number of ketones is 2. The molecule has 2 rings (SSSR count). The number of Topliss-reactive ketones (excluding diaryl/α,β-unsaturated/α-hetero) is 2. The molecule has 0 fully saturated rings. The van der Waals surface area contributed by atoms with Crippen LogP contribution in [0.4, 0.5) is 0 Å². The number of benzene rings is 2. The van der Waals surface area contributed by atoms with Crippen molar-refractivity contribution in [2.45, 2.75) is 13.8 Å². The Bertz CT molecular complexity index is 778. The summed E-state index contributed by atoms with van der Waals surface area (Å²) < 4.78 is 0. The van der Waals surface area contributed by atoms with Crippen molar-refractivity contribution in [3.8, 4) is 11.5 Å². The third kappa shape index (κ3) is 3.55. The van der Waals surface area contributed by atoms with Crippen LogP contribution in [-0.4, -0.2) is 17.5 Å². The van der Waals surface area contributed by atoms with Crippen molar-refractivity contribution in [1.29, 1.82) is 0 Å². The normalized spacial score (nSPS) is 10.0. The Labute approximate surface area is 132 Å². The van der Waals surface area contributed by atoms with E-state index in [1.165, 1.54) is 50.2 Å². The summed E-state index contributed by atoms with van der Waals surface area (Å²) in [4.78, 5) is 44.5. The van der Waals surface area contributed by atoms with Crippen molar-refractivity contribution in [2.24, 2.45) is 0 Å². The van der Waals surface area contributed by atoms with E-state index in [0.717, 1.165) is 0 Å². The summed E-state index contributed by atoms with van der Waals surface area (Å²) in [6.45, 7) is 2.63. The molecule has 0 aromatic heterocycles. The first kappa shape index (κ1) is 16.2. The first-order valence-corrected chi connectivity index (χ1v) is 6.71. The lowest BCUT2D eigenvalue weighted by Gasteiger charge is -2.13. The minimum atomic E-state index is -1.42. The van der Waals surface area contributed by atoms with E-state index in [9.17, 15) is 19.5 Å². The summed E-state index contributed by atoms with van der Waals surface area (Å²) in [5.74, 6) is -2.14. The largest absolute Gasteiger partial charge is 0.545 e. The Balaban J connectivity index is 2.35. The summed E-state index contributed by atoms with van der Waals surface area (Å²) in [7, 11) is 0.